The van der Waals surface area contributed by atoms with Gasteiger partial charge in [0, 0.05) is 24.9 Å². The van der Waals surface area contributed by atoms with Gasteiger partial charge in [0.15, 0.2) is 11.5 Å². The molecule has 0 aliphatic heterocycles. The number of aryl methyl sites for hydroxylation is 1. The number of carbonyl (C=O) groups excluding carboxylic acids is 1. The third-order valence-electron chi connectivity index (χ3n) is 4.25. The molecule has 0 spiro atoms. The molecule has 2 aromatic carbocycles. The van der Waals surface area contributed by atoms with Gasteiger partial charge in [0.1, 0.15) is 0 Å². The van der Waals surface area contributed by atoms with Crippen LogP contribution in [0.2, 0.25) is 0 Å². The lowest BCUT2D eigenvalue weighted by Gasteiger charge is -2.11. The van der Waals surface area contributed by atoms with Crippen LogP contribution in [0.25, 0.3) is 11.4 Å². The second kappa shape index (κ2) is 10.3. The number of methoxy groups -OCH3 is 1. The van der Waals surface area contributed by atoms with Crippen LogP contribution in [0.15, 0.2) is 53.1 Å². The summed E-state index contributed by atoms with van der Waals surface area (Å²) in [7, 11) is 1.37. The van der Waals surface area contributed by atoms with Crippen molar-refractivity contribution in [1.29, 1.82) is 0 Å². The van der Waals surface area contributed by atoms with Crippen molar-refractivity contribution in [2.75, 3.05) is 13.7 Å². The average Bonchev–Trinajstić information content (AvgIpc) is 3.22. The number of aromatic nitrogens is 2. The molecule has 158 valence electrons. The predicted octanol–water partition coefficient (Wildman–Crippen LogP) is 3.64. The van der Waals surface area contributed by atoms with Crippen molar-refractivity contribution >= 4 is 5.91 Å². The topological polar surface area (TPSA) is 86.5 Å². The molecule has 1 amide bonds. The van der Waals surface area contributed by atoms with E-state index in [2.05, 4.69) is 20.2 Å². The fourth-order valence-electron chi connectivity index (χ4n) is 2.78. The average molecular weight is 417 g/mol. The summed E-state index contributed by atoms with van der Waals surface area (Å²) in [5.74, 6) is 0.904. The van der Waals surface area contributed by atoms with Crippen LogP contribution in [-0.2, 0) is 17.6 Å². The summed E-state index contributed by atoms with van der Waals surface area (Å²) in [6.07, 6.45) is 1.05. The van der Waals surface area contributed by atoms with E-state index in [1.165, 1.54) is 13.2 Å². The summed E-state index contributed by atoms with van der Waals surface area (Å²) in [5.41, 5.74) is 1.66. The van der Waals surface area contributed by atoms with E-state index in [9.17, 15) is 13.6 Å². The molecule has 0 bridgehead atoms. The molecule has 9 heteroatoms. The molecule has 1 aromatic heterocycles. The maximum atomic E-state index is 12.4. The second-order valence-electron chi connectivity index (χ2n) is 6.34. The summed E-state index contributed by atoms with van der Waals surface area (Å²) in [6, 6.07) is 14.1. The summed E-state index contributed by atoms with van der Waals surface area (Å²) in [5, 5.41) is 6.72. The zero-order valence-corrected chi connectivity index (χ0v) is 16.3. The van der Waals surface area contributed by atoms with Crippen LogP contribution in [-0.4, -0.2) is 36.3 Å². The maximum absolute atomic E-state index is 12.4. The Hall–Kier alpha value is -3.49. The van der Waals surface area contributed by atoms with Gasteiger partial charge in [-0.2, -0.15) is 13.8 Å². The first-order valence-electron chi connectivity index (χ1n) is 9.31. The summed E-state index contributed by atoms with van der Waals surface area (Å²) >= 11 is 0. The standard InChI is InChI=1S/C21H21F2N3O4/c1-28-17-13-14(7-8-16(17)29-21(22)23)11-12-24-18(27)9-10-19-25-20(26-30-19)15-5-3-2-4-6-15/h2-8,13,21H,9-12H2,1H3,(H,24,27). The minimum Gasteiger partial charge on any atom is -0.493 e. The van der Waals surface area contributed by atoms with E-state index in [0.29, 0.717) is 31.1 Å². The first-order valence-corrected chi connectivity index (χ1v) is 9.31. The first-order chi connectivity index (χ1) is 14.5. The maximum Gasteiger partial charge on any atom is 0.387 e. The quantitative estimate of drug-likeness (QED) is 0.542. The zero-order valence-electron chi connectivity index (χ0n) is 16.3. The van der Waals surface area contributed by atoms with Crippen molar-refractivity contribution in [2.45, 2.75) is 25.9 Å². The number of alkyl halides is 2. The van der Waals surface area contributed by atoms with Gasteiger partial charge in [0.2, 0.25) is 17.6 Å². The van der Waals surface area contributed by atoms with E-state index in [4.69, 9.17) is 9.26 Å². The molecule has 7 nitrogen and oxygen atoms in total. The fourth-order valence-corrected chi connectivity index (χ4v) is 2.78. The van der Waals surface area contributed by atoms with Crippen LogP contribution >= 0.6 is 0 Å². The molecular weight excluding hydrogens is 396 g/mol. The predicted molar refractivity (Wildman–Crippen MR) is 104 cm³/mol. The van der Waals surface area contributed by atoms with Crippen molar-refractivity contribution in [1.82, 2.24) is 15.5 Å². The number of nitrogens with one attached hydrogen (secondary N) is 1. The van der Waals surface area contributed by atoms with E-state index in [1.807, 2.05) is 30.3 Å². The Morgan fingerprint density at radius 2 is 1.93 bits per heavy atom. The Kier molecular flexibility index (Phi) is 7.31. The number of benzene rings is 2. The van der Waals surface area contributed by atoms with Crippen LogP contribution in [0.4, 0.5) is 8.78 Å². The molecule has 1 N–H and O–H groups in total. The lowest BCUT2D eigenvalue weighted by Crippen LogP contribution is -2.25. The fraction of sp³-hybridized carbons (Fsp3) is 0.286. The Morgan fingerprint density at radius 3 is 2.67 bits per heavy atom. The summed E-state index contributed by atoms with van der Waals surface area (Å²) in [6.45, 7) is -2.54. The largest absolute Gasteiger partial charge is 0.493 e. The molecule has 0 aliphatic rings. The Morgan fingerprint density at radius 1 is 1.13 bits per heavy atom. The normalized spacial score (nSPS) is 10.8. The van der Waals surface area contributed by atoms with Crippen molar-refractivity contribution in [2.24, 2.45) is 0 Å². The molecular formula is C21H21F2N3O4. The minimum absolute atomic E-state index is 0.0327. The van der Waals surface area contributed by atoms with Gasteiger partial charge in [-0.1, -0.05) is 41.6 Å². The van der Waals surface area contributed by atoms with Crippen LogP contribution in [0.1, 0.15) is 17.9 Å². The minimum atomic E-state index is -2.92. The Bertz CT molecular complexity index is 964. The van der Waals surface area contributed by atoms with Crippen LogP contribution in [0.3, 0.4) is 0 Å². The van der Waals surface area contributed by atoms with Crippen LogP contribution in [0, 0.1) is 0 Å². The van der Waals surface area contributed by atoms with Crippen molar-refractivity contribution in [3.63, 3.8) is 0 Å². The Labute approximate surface area is 172 Å². The second-order valence-corrected chi connectivity index (χ2v) is 6.34. The number of halogens is 2. The van der Waals surface area contributed by atoms with Gasteiger partial charge in [0.05, 0.1) is 7.11 Å². The summed E-state index contributed by atoms with van der Waals surface area (Å²) in [4.78, 5) is 16.3. The Balaban J connectivity index is 1.44. The molecule has 0 saturated carbocycles. The molecule has 30 heavy (non-hydrogen) atoms. The van der Waals surface area contributed by atoms with E-state index < -0.39 is 6.61 Å². The smallest absolute Gasteiger partial charge is 0.387 e. The SMILES string of the molecule is COc1cc(CCNC(=O)CCc2nc(-c3ccccc3)no2)ccc1OC(F)F. The molecule has 0 aliphatic carbocycles. The third kappa shape index (κ3) is 6.00. The van der Waals surface area contributed by atoms with Gasteiger partial charge in [-0.05, 0) is 24.1 Å². The van der Waals surface area contributed by atoms with Gasteiger partial charge in [-0.15, -0.1) is 0 Å². The number of amides is 1. The van der Waals surface area contributed by atoms with E-state index in [1.54, 1.807) is 12.1 Å². The highest BCUT2D eigenvalue weighted by molar-refractivity contribution is 5.76. The molecule has 1 heterocycles. The lowest BCUT2D eigenvalue weighted by atomic mass is 10.1. The molecule has 0 fully saturated rings. The van der Waals surface area contributed by atoms with Crippen LogP contribution < -0.4 is 14.8 Å². The highest BCUT2D eigenvalue weighted by Gasteiger charge is 2.12. The van der Waals surface area contributed by atoms with E-state index in [-0.39, 0.29) is 23.8 Å². The number of hydrogen-bond acceptors (Lipinski definition) is 6. The van der Waals surface area contributed by atoms with Crippen molar-refractivity contribution in [3.05, 3.63) is 60.0 Å². The number of carbonyl (C=O) groups is 1. The highest BCUT2D eigenvalue weighted by Crippen LogP contribution is 2.29. The highest BCUT2D eigenvalue weighted by atomic mass is 19.3. The van der Waals surface area contributed by atoms with Crippen molar-refractivity contribution in [3.8, 4) is 22.9 Å². The van der Waals surface area contributed by atoms with Gasteiger partial charge in [-0.25, -0.2) is 0 Å². The van der Waals surface area contributed by atoms with Gasteiger partial charge >= 0.3 is 6.61 Å². The first kappa shape index (κ1) is 21.2. The third-order valence-corrected chi connectivity index (χ3v) is 4.25. The van der Waals surface area contributed by atoms with Gasteiger partial charge < -0.3 is 19.3 Å². The van der Waals surface area contributed by atoms with Gasteiger partial charge in [0.25, 0.3) is 0 Å². The number of rotatable bonds is 10. The number of ether oxygens (including phenoxy) is 2. The number of hydrogen-bond donors (Lipinski definition) is 1. The monoisotopic (exact) mass is 417 g/mol. The molecule has 3 aromatic rings. The van der Waals surface area contributed by atoms with Gasteiger partial charge in [-0.3, -0.25) is 4.79 Å². The number of nitrogens with zero attached hydrogens (tertiary/aromatic N) is 2. The lowest BCUT2D eigenvalue weighted by molar-refractivity contribution is -0.121. The molecule has 3 rings (SSSR count). The molecule has 0 atom stereocenters. The molecule has 0 radical (unpaired) electrons. The van der Waals surface area contributed by atoms with E-state index in [0.717, 1.165) is 11.1 Å². The molecule has 0 saturated heterocycles. The zero-order chi connectivity index (χ0) is 21.3. The summed E-state index contributed by atoms with van der Waals surface area (Å²) < 4.78 is 39.4. The van der Waals surface area contributed by atoms with E-state index >= 15 is 0 Å². The molecule has 0 unspecified atom stereocenters. The van der Waals surface area contributed by atoms with Crippen LogP contribution in [0.5, 0.6) is 11.5 Å². The van der Waals surface area contributed by atoms with Crippen molar-refractivity contribution < 1.29 is 27.6 Å².